The Morgan fingerprint density at radius 1 is 1.33 bits per heavy atom. The molecule has 0 aromatic carbocycles. The molecule has 0 aromatic rings. The van der Waals surface area contributed by atoms with E-state index in [1.165, 1.54) is 31.8 Å². The Balaban J connectivity index is 2.42. The fraction of sp³-hybridized carbons (Fsp3) is 0.857. The highest BCUT2D eigenvalue weighted by Crippen LogP contribution is 2.07. The first-order valence-corrected chi connectivity index (χ1v) is 3.53. The van der Waals surface area contributed by atoms with Gasteiger partial charge in [-0.05, 0) is 19.8 Å². The highest BCUT2D eigenvalue weighted by molar-refractivity contribution is 5.79. The van der Waals surface area contributed by atoms with Crippen LogP contribution in [-0.2, 0) is 0 Å². The zero-order chi connectivity index (χ0) is 6.69. The van der Waals surface area contributed by atoms with Crippen LogP contribution in [0, 0.1) is 0 Å². The van der Waals surface area contributed by atoms with Crippen molar-refractivity contribution in [2.24, 2.45) is 4.99 Å². The molecule has 1 rings (SSSR count). The molecule has 9 heavy (non-hydrogen) atoms. The van der Waals surface area contributed by atoms with Crippen LogP contribution in [-0.4, -0.2) is 30.9 Å². The summed E-state index contributed by atoms with van der Waals surface area (Å²) in [5.41, 5.74) is 0. The van der Waals surface area contributed by atoms with Crippen molar-refractivity contribution in [1.29, 1.82) is 0 Å². The molecule has 52 valence electrons. The number of amidine groups is 1. The Kier molecular flexibility index (Phi) is 2.09. The van der Waals surface area contributed by atoms with Crippen molar-refractivity contribution < 1.29 is 0 Å². The van der Waals surface area contributed by atoms with Crippen molar-refractivity contribution >= 4 is 5.84 Å². The smallest absolute Gasteiger partial charge is 0.0954 e. The summed E-state index contributed by atoms with van der Waals surface area (Å²) in [5.74, 6) is 1.19. The quantitative estimate of drug-likeness (QED) is 0.351. The second kappa shape index (κ2) is 2.85. The van der Waals surface area contributed by atoms with Gasteiger partial charge in [-0.15, -0.1) is 0 Å². The molecule has 0 saturated carbocycles. The summed E-state index contributed by atoms with van der Waals surface area (Å²) in [7, 11) is 1.85. The Morgan fingerprint density at radius 2 is 1.89 bits per heavy atom. The van der Waals surface area contributed by atoms with Crippen LogP contribution < -0.4 is 0 Å². The molecule has 1 aliphatic heterocycles. The van der Waals surface area contributed by atoms with Gasteiger partial charge in [0.25, 0.3) is 0 Å². The number of aliphatic imine (C=N–C) groups is 1. The van der Waals surface area contributed by atoms with Gasteiger partial charge < -0.3 is 4.90 Å². The number of rotatable bonds is 0. The van der Waals surface area contributed by atoms with Gasteiger partial charge in [-0.3, -0.25) is 4.99 Å². The zero-order valence-electron chi connectivity index (χ0n) is 6.22. The fourth-order valence-electron chi connectivity index (χ4n) is 1.18. The standard InChI is InChI=1S/C7H14N2/c1-7(8-2)9-5-3-4-6-9/h3-6H2,1-2H3/b8-7+. The summed E-state index contributed by atoms with van der Waals surface area (Å²) in [6.45, 7) is 4.50. The molecule has 0 unspecified atom stereocenters. The Labute approximate surface area is 56.6 Å². The predicted molar refractivity (Wildman–Crippen MR) is 39.8 cm³/mol. The Morgan fingerprint density at radius 3 is 2.33 bits per heavy atom. The molecule has 0 aromatic heterocycles. The lowest BCUT2D eigenvalue weighted by Gasteiger charge is -2.15. The molecular formula is C7H14N2. The van der Waals surface area contributed by atoms with E-state index in [0.29, 0.717) is 0 Å². The van der Waals surface area contributed by atoms with E-state index in [1.807, 2.05) is 7.05 Å². The third-order valence-electron chi connectivity index (χ3n) is 1.89. The van der Waals surface area contributed by atoms with E-state index in [1.54, 1.807) is 0 Å². The molecule has 0 amide bonds. The average Bonchev–Trinajstić information content (AvgIpc) is 2.37. The number of hydrogen-bond donors (Lipinski definition) is 0. The largest absolute Gasteiger partial charge is 0.361 e. The first-order chi connectivity index (χ1) is 4.34. The lowest BCUT2D eigenvalue weighted by Crippen LogP contribution is -2.24. The van der Waals surface area contributed by atoms with Crippen molar-refractivity contribution in [3.8, 4) is 0 Å². The van der Waals surface area contributed by atoms with Gasteiger partial charge in [0.2, 0.25) is 0 Å². The molecule has 1 fully saturated rings. The molecule has 2 heteroatoms. The second-order valence-electron chi connectivity index (χ2n) is 2.46. The van der Waals surface area contributed by atoms with Crippen LogP contribution in [0.1, 0.15) is 19.8 Å². The summed E-state index contributed by atoms with van der Waals surface area (Å²) in [6, 6.07) is 0. The number of hydrogen-bond acceptors (Lipinski definition) is 1. The van der Waals surface area contributed by atoms with Gasteiger partial charge in [0.05, 0.1) is 5.84 Å². The molecule has 1 saturated heterocycles. The van der Waals surface area contributed by atoms with Crippen LogP contribution >= 0.6 is 0 Å². The highest BCUT2D eigenvalue weighted by atomic mass is 15.2. The van der Waals surface area contributed by atoms with Gasteiger partial charge in [-0.1, -0.05) is 0 Å². The van der Waals surface area contributed by atoms with Crippen LogP contribution in [0.2, 0.25) is 0 Å². The van der Waals surface area contributed by atoms with Crippen LogP contribution in [0.4, 0.5) is 0 Å². The minimum Gasteiger partial charge on any atom is -0.361 e. The first kappa shape index (κ1) is 6.59. The van der Waals surface area contributed by atoms with Crippen molar-refractivity contribution in [2.75, 3.05) is 20.1 Å². The van der Waals surface area contributed by atoms with Gasteiger partial charge >= 0.3 is 0 Å². The molecule has 0 bridgehead atoms. The summed E-state index contributed by atoms with van der Waals surface area (Å²) in [4.78, 5) is 6.45. The zero-order valence-corrected chi connectivity index (χ0v) is 6.22. The molecule has 2 nitrogen and oxygen atoms in total. The van der Waals surface area contributed by atoms with Crippen molar-refractivity contribution in [2.45, 2.75) is 19.8 Å². The van der Waals surface area contributed by atoms with Crippen molar-refractivity contribution in [3.63, 3.8) is 0 Å². The van der Waals surface area contributed by atoms with E-state index >= 15 is 0 Å². The summed E-state index contributed by atoms with van der Waals surface area (Å²) >= 11 is 0. The normalized spacial score (nSPS) is 21.1. The first-order valence-electron chi connectivity index (χ1n) is 3.53. The van der Waals surface area contributed by atoms with Gasteiger partial charge in [-0.25, -0.2) is 0 Å². The van der Waals surface area contributed by atoms with Crippen LogP contribution in [0.5, 0.6) is 0 Å². The molecule has 1 heterocycles. The minimum absolute atomic E-state index is 1.19. The Bertz CT molecular complexity index is 112. The monoisotopic (exact) mass is 126 g/mol. The SMILES string of the molecule is C/N=C(\C)N1CCCC1. The molecule has 0 spiro atoms. The number of nitrogens with zero attached hydrogens (tertiary/aromatic N) is 2. The summed E-state index contributed by atoms with van der Waals surface area (Å²) in [5, 5.41) is 0. The third kappa shape index (κ3) is 1.44. The van der Waals surface area contributed by atoms with E-state index in [-0.39, 0.29) is 0 Å². The molecule has 0 N–H and O–H groups in total. The van der Waals surface area contributed by atoms with Crippen molar-refractivity contribution in [1.82, 2.24) is 4.90 Å². The number of likely N-dealkylation sites (tertiary alicyclic amines) is 1. The molecule has 0 aliphatic carbocycles. The average molecular weight is 126 g/mol. The van der Waals surface area contributed by atoms with Crippen molar-refractivity contribution in [3.05, 3.63) is 0 Å². The van der Waals surface area contributed by atoms with Crippen LogP contribution in [0.15, 0.2) is 4.99 Å². The van der Waals surface area contributed by atoms with Gasteiger partial charge in [0.1, 0.15) is 0 Å². The minimum atomic E-state index is 1.19. The Hall–Kier alpha value is -0.530. The fourth-order valence-corrected chi connectivity index (χ4v) is 1.18. The van der Waals surface area contributed by atoms with E-state index < -0.39 is 0 Å². The third-order valence-corrected chi connectivity index (χ3v) is 1.89. The molecule has 0 radical (unpaired) electrons. The summed E-state index contributed by atoms with van der Waals surface area (Å²) in [6.07, 6.45) is 2.68. The lowest BCUT2D eigenvalue weighted by atomic mass is 10.4. The highest BCUT2D eigenvalue weighted by Gasteiger charge is 2.10. The van der Waals surface area contributed by atoms with Gasteiger partial charge in [-0.2, -0.15) is 0 Å². The van der Waals surface area contributed by atoms with Crippen LogP contribution in [0.25, 0.3) is 0 Å². The van der Waals surface area contributed by atoms with Gasteiger partial charge in [0, 0.05) is 20.1 Å². The van der Waals surface area contributed by atoms with E-state index in [2.05, 4.69) is 16.8 Å². The molecule has 1 aliphatic rings. The maximum atomic E-state index is 4.11. The van der Waals surface area contributed by atoms with E-state index in [0.717, 1.165) is 0 Å². The van der Waals surface area contributed by atoms with Gasteiger partial charge in [0.15, 0.2) is 0 Å². The molecule has 0 atom stereocenters. The topological polar surface area (TPSA) is 15.6 Å². The van der Waals surface area contributed by atoms with E-state index in [4.69, 9.17) is 0 Å². The second-order valence-corrected chi connectivity index (χ2v) is 2.46. The molecular weight excluding hydrogens is 112 g/mol. The maximum absolute atomic E-state index is 4.11. The van der Waals surface area contributed by atoms with Crippen LogP contribution in [0.3, 0.4) is 0 Å². The summed E-state index contributed by atoms with van der Waals surface area (Å²) < 4.78 is 0. The maximum Gasteiger partial charge on any atom is 0.0954 e. The predicted octanol–water partition coefficient (Wildman–Crippen LogP) is 1.13. The lowest BCUT2D eigenvalue weighted by molar-refractivity contribution is 0.515. The van der Waals surface area contributed by atoms with E-state index in [9.17, 15) is 0 Å².